The number of aromatic nitrogens is 1. The molecular weight excluding hydrogens is 526 g/mol. The van der Waals surface area contributed by atoms with Gasteiger partial charge in [0.25, 0.3) is 0 Å². The van der Waals surface area contributed by atoms with E-state index in [4.69, 9.17) is 23.6 Å². The van der Waals surface area contributed by atoms with Crippen molar-refractivity contribution in [3.63, 3.8) is 0 Å². The predicted molar refractivity (Wildman–Crippen MR) is 145 cm³/mol. The molecule has 2 aromatic heterocycles. The maximum Gasteiger partial charge on any atom is 0.243 e. The second-order valence-electron chi connectivity index (χ2n) is 8.59. The number of benzene rings is 2. The van der Waals surface area contributed by atoms with E-state index in [0.717, 1.165) is 28.2 Å². The molecule has 3 heterocycles. The number of morpholine rings is 1. The summed E-state index contributed by atoms with van der Waals surface area (Å²) >= 11 is 1.50. The van der Waals surface area contributed by atoms with Crippen LogP contribution in [0.25, 0.3) is 11.5 Å². The summed E-state index contributed by atoms with van der Waals surface area (Å²) in [6, 6.07) is 16.4. The van der Waals surface area contributed by atoms with Gasteiger partial charge in [0.1, 0.15) is 0 Å². The molecule has 11 heteroatoms. The molecule has 5 rings (SSSR count). The van der Waals surface area contributed by atoms with E-state index in [0.29, 0.717) is 50.0 Å². The minimum absolute atomic E-state index is 0.252. The van der Waals surface area contributed by atoms with Gasteiger partial charge in [-0.15, -0.1) is 11.3 Å². The van der Waals surface area contributed by atoms with Crippen molar-refractivity contribution >= 4 is 27.0 Å². The van der Waals surface area contributed by atoms with Crippen molar-refractivity contribution in [2.75, 3.05) is 40.5 Å². The van der Waals surface area contributed by atoms with Crippen molar-refractivity contribution in [3.8, 4) is 23.0 Å². The average Bonchev–Trinajstić information content (AvgIpc) is 3.62. The highest BCUT2D eigenvalue weighted by Crippen LogP contribution is 2.28. The fourth-order valence-corrected chi connectivity index (χ4v) is 6.62. The molecule has 0 aliphatic carbocycles. The second-order valence-corrected chi connectivity index (χ2v) is 11.4. The Morgan fingerprint density at radius 1 is 1.00 bits per heavy atom. The molecule has 0 unspecified atom stereocenters. The molecule has 1 aliphatic rings. The number of sulfonamides is 1. The maximum atomic E-state index is 13.0. The molecule has 0 saturated carbocycles. The van der Waals surface area contributed by atoms with E-state index in [9.17, 15) is 8.42 Å². The van der Waals surface area contributed by atoms with Crippen LogP contribution in [0.15, 0.2) is 80.5 Å². The summed E-state index contributed by atoms with van der Waals surface area (Å²) in [5.74, 6) is 2.12. The number of methoxy groups -OCH3 is 2. The molecule has 0 bridgehead atoms. The van der Waals surface area contributed by atoms with E-state index in [1.54, 1.807) is 44.7 Å². The molecule has 1 fully saturated rings. The Balaban J connectivity index is 1.44. The van der Waals surface area contributed by atoms with Crippen molar-refractivity contribution in [1.82, 2.24) is 8.87 Å². The molecule has 2 aromatic carbocycles. The first-order chi connectivity index (χ1) is 18.5. The van der Waals surface area contributed by atoms with Gasteiger partial charge < -0.3 is 23.2 Å². The van der Waals surface area contributed by atoms with E-state index in [2.05, 4.69) is 4.57 Å². The third-order valence-electron chi connectivity index (χ3n) is 6.31. The minimum atomic E-state index is -3.56. The predicted octanol–water partition coefficient (Wildman–Crippen LogP) is 4.32. The van der Waals surface area contributed by atoms with Crippen LogP contribution in [0.4, 0.5) is 5.69 Å². The number of rotatable bonds is 9. The summed E-state index contributed by atoms with van der Waals surface area (Å²) in [7, 11) is -0.316. The lowest BCUT2D eigenvalue weighted by molar-refractivity contribution is 0.0730. The molecule has 0 radical (unpaired) electrons. The number of hydrogen-bond donors (Lipinski definition) is 0. The van der Waals surface area contributed by atoms with Crippen LogP contribution in [-0.4, -0.2) is 57.8 Å². The Kier molecular flexibility index (Phi) is 7.98. The number of furan rings is 1. The monoisotopic (exact) mass is 555 g/mol. The largest absolute Gasteiger partial charge is 0.493 e. The molecule has 4 aromatic rings. The number of nitrogens with zero attached hydrogens (tertiary/aromatic N) is 3. The Morgan fingerprint density at radius 2 is 1.76 bits per heavy atom. The average molecular weight is 556 g/mol. The van der Waals surface area contributed by atoms with E-state index in [-0.39, 0.29) is 4.90 Å². The summed E-state index contributed by atoms with van der Waals surface area (Å²) in [5.41, 5.74) is 2.68. The highest BCUT2D eigenvalue weighted by atomic mass is 32.2. The summed E-state index contributed by atoms with van der Waals surface area (Å²) < 4.78 is 51.3. The molecule has 1 saturated heterocycles. The first kappa shape index (κ1) is 26.2. The van der Waals surface area contributed by atoms with Gasteiger partial charge in [-0.1, -0.05) is 6.07 Å². The van der Waals surface area contributed by atoms with Gasteiger partial charge in [-0.3, -0.25) is 0 Å². The van der Waals surface area contributed by atoms with Crippen molar-refractivity contribution in [2.24, 2.45) is 4.99 Å². The van der Waals surface area contributed by atoms with Gasteiger partial charge in [-0.05, 0) is 60.5 Å². The SMILES string of the molecule is COc1ccc(CCn2c(-c3ccco3)csc2=Nc2ccc(S(=O)(=O)N3CCOCC3)cc2)cc1OC. The minimum Gasteiger partial charge on any atom is -0.493 e. The Morgan fingerprint density at radius 3 is 2.45 bits per heavy atom. The van der Waals surface area contributed by atoms with Crippen molar-refractivity contribution in [2.45, 2.75) is 17.9 Å². The topological polar surface area (TPSA) is 95.5 Å². The van der Waals surface area contributed by atoms with Crippen molar-refractivity contribution in [3.05, 3.63) is 76.6 Å². The van der Waals surface area contributed by atoms with Crippen LogP contribution in [0.5, 0.6) is 11.5 Å². The quantitative estimate of drug-likeness (QED) is 0.305. The lowest BCUT2D eigenvalue weighted by atomic mass is 10.1. The molecule has 0 amide bonds. The lowest BCUT2D eigenvalue weighted by Crippen LogP contribution is -2.40. The third-order valence-corrected chi connectivity index (χ3v) is 9.09. The van der Waals surface area contributed by atoms with Crippen LogP contribution < -0.4 is 14.3 Å². The van der Waals surface area contributed by atoms with E-state index < -0.39 is 10.0 Å². The zero-order chi connectivity index (χ0) is 26.5. The van der Waals surface area contributed by atoms with Crippen LogP contribution in [0, 0.1) is 0 Å². The Bertz CT molecular complexity index is 1530. The van der Waals surface area contributed by atoms with Crippen molar-refractivity contribution in [1.29, 1.82) is 0 Å². The van der Waals surface area contributed by atoms with Gasteiger partial charge in [0.05, 0.1) is 50.0 Å². The van der Waals surface area contributed by atoms with Crippen LogP contribution in [0.1, 0.15) is 5.56 Å². The smallest absolute Gasteiger partial charge is 0.243 e. The highest BCUT2D eigenvalue weighted by molar-refractivity contribution is 7.89. The molecule has 200 valence electrons. The fourth-order valence-electron chi connectivity index (χ4n) is 4.27. The standard InChI is InChI=1S/C27H29N3O6S2/c1-33-25-10-5-20(18-26(25)34-2)11-12-30-23(24-4-3-15-36-24)19-37-27(30)28-21-6-8-22(9-7-21)38(31,32)29-13-16-35-17-14-29/h3-10,15,18-19H,11-14,16-17H2,1-2H3. The first-order valence-corrected chi connectivity index (χ1v) is 14.5. The molecular formula is C27H29N3O6S2. The lowest BCUT2D eigenvalue weighted by Gasteiger charge is -2.26. The fraction of sp³-hybridized carbons (Fsp3) is 0.296. The van der Waals surface area contributed by atoms with E-state index in [1.165, 1.54) is 15.6 Å². The summed E-state index contributed by atoms with van der Waals surface area (Å²) in [6.45, 7) is 2.19. The van der Waals surface area contributed by atoms with Gasteiger partial charge >= 0.3 is 0 Å². The first-order valence-electron chi connectivity index (χ1n) is 12.2. The van der Waals surface area contributed by atoms with Gasteiger partial charge in [-0.2, -0.15) is 4.31 Å². The van der Waals surface area contributed by atoms with E-state index in [1.807, 2.05) is 35.7 Å². The maximum absolute atomic E-state index is 13.0. The zero-order valence-corrected chi connectivity index (χ0v) is 22.8. The summed E-state index contributed by atoms with van der Waals surface area (Å²) in [4.78, 5) is 5.88. The van der Waals surface area contributed by atoms with E-state index >= 15 is 0 Å². The van der Waals surface area contributed by atoms with Gasteiger partial charge in [0.2, 0.25) is 10.0 Å². The number of aryl methyl sites for hydroxylation is 1. The molecule has 0 atom stereocenters. The van der Waals surface area contributed by atoms with Gasteiger partial charge in [0, 0.05) is 25.0 Å². The normalized spacial score (nSPS) is 15.1. The summed E-state index contributed by atoms with van der Waals surface area (Å²) in [6.07, 6.45) is 2.38. The molecule has 9 nitrogen and oxygen atoms in total. The van der Waals surface area contributed by atoms with Gasteiger partial charge in [-0.25, -0.2) is 13.4 Å². The molecule has 0 spiro atoms. The number of ether oxygens (including phenoxy) is 3. The Labute approximate surface area is 225 Å². The van der Waals surface area contributed by atoms with Crippen molar-refractivity contribution < 1.29 is 27.0 Å². The molecule has 0 N–H and O–H groups in total. The van der Waals surface area contributed by atoms with Crippen LogP contribution in [0.2, 0.25) is 0 Å². The Hall–Kier alpha value is -3.38. The summed E-state index contributed by atoms with van der Waals surface area (Å²) in [5, 5.41) is 2.02. The highest BCUT2D eigenvalue weighted by Gasteiger charge is 2.26. The number of thiazole rings is 1. The van der Waals surface area contributed by atoms with Crippen LogP contribution in [0.3, 0.4) is 0 Å². The zero-order valence-electron chi connectivity index (χ0n) is 21.2. The van der Waals surface area contributed by atoms with Crippen LogP contribution in [-0.2, 0) is 27.7 Å². The molecule has 1 aliphatic heterocycles. The van der Waals surface area contributed by atoms with Gasteiger partial charge in [0.15, 0.2) is 22.1 Å². The molecule has 38 heavy (non-hydrogen) atoms. The number of hydrogen-bond acceptors (Lipinski definition) is 8. The van der Waals surface area contributed by atoms with Crippen LogP contribution >= 0.6 is 11.3 Å². The second kappa shape index (κ2) is 11.6. The third kappa shape index (κ3) is 5.56.